The number of fused-ring (bicyclic) bond motifs is 1. The van der Waals surface area contributed by atoms with E-state index in [1.54, 1.807) is 6.33 Å². The van der Waals surface area contributed by atoms with Crippen LogP contribution in [0.1, 0.15) is 47.3 Å². The summed E-state index contributed by atoms with van der Waals surface area (Å²) in [6.07, 6.45) is 7.46. The molecule has 1 aliphatic heterocycles. The van der Waals surface area contributed by atoms with Crippen LogP contribution in [-0.4, -0.2) is 39.9 Å². The average molecular weight is 316 g/mol. The Bertz CT molecular complexity index is 716. The molecule has 4 rings (SSSR count). The van der Waals surface area contributed by atoms with E-state index in [4.69, 9.17) is 0 Å². The molecule has 0 spiro atoms. The van der Waals surface area contributed by atoms with Gasteiger partial charge >= 0.3 is 0 Å². The van der Waals surface area contributed by atoms with Crippen molar-refractivity contribution in [2.75, 3.05) is 18.4 Å². The van der Waals surface area contributed by atoms with Crippen molar-refractivity contribution in [1.29, 1.82) is 0 Å². The van der Waals surface area contributed by atoms with Gasteiger partial charge in [0, 0.05) is 19.1 Å². The van der Waals surface area contributed by atoms with Gasteiger partial charge in [-0.1, -0.05) is 0 Å². The molecule has 2 fully saturated rings. The lowest BCUT2D eigenvalue weighted by atomic mass is 10.1. The lowest BCUT2D eigenvalue weighted by Gasteiger charge is -2.26. The monoisotopic (exact) mass is 316 g/mol. The van der Waals surface area contributed by atoms with Gasteiger partial charge < -0.3 is 10.2 Å². The molecule has 22 heavy (non-hydrogen) atoms. The smallest absolute Gasteiger partial charge is 0.264 e. The fourth-order valence-corrected chi connectivity index (χ4v) is 4.16. The largest absolute Gasteiger partial charge is 0.367 e. The third-order valence-corrected chi connectivity index (χ3v) is 5.67. The first-order valence-electron chi connectivity index (χ1n) is 8.04. The maximum atomic E-state index is 12.8. The average Bonchev–Trinajstić information content (AvgIpc) is 3.30. The van der Waals surface area contributed by atoms with E-state index >= 15 is 0 Å². The van der Waals surface area contributed by atoms with Crippen molar-refractivity contribution in [3.05, 3.63) is 16.8 Å². The molecule has 2 aromatic heterocycles. The summed E-state index contributed by atoms with van der Waals surface area (Å²) in [6.45, 7) is 3.79. The number of amides is 1. The van der Waals surface area contributed by atoms with E-state index in [1.165, 1.54) is 30.6 Å². The number of carbonyl (C=O) groups excluding carboxylic acids is 1. The van der Waals surface area contributed by atoms with Crippen LogP contribution >= 0.6 is 11.3 Å². The summed E-state index contributed by atoms with van der Waals surface area (Å²) in [5.74, 6) is 1.05. The van der Waals surface area contributed by atoms with Gasteiger partial charge in [0.15, 0.2) is 0 Å². The van der Waals surface area contributed by atoms with Crippen molar-refractivity contribution in [3.63, 3.8) is 0 Å². The topological polar surface area (TPSA) is 58.1 Å². The van der Waals surface area contributed by atoms with Gasteiger partial charge in [-0.2, -0.15) is 0 Å². The molecule has 6 heteroatoms. The Morgan fingerprint density at radius 1 is 1.27 bits per heavy atom. The van der Waals surface area contributed by atoms with Crippen LogP contribution in [0.25, 0.3) is 10.2 Å². The van der Waals surface area contributed by atoms with Gasteiger partial charge in [-0.25, -0.2) is 9.97 Å². The number of piperidine rings is 1. The number of aryl methyl sites for hydroxylation is 1. The van der Waals surface area contributed by atoms with Crippen LogP contribution in [0.2, 0.25) is 0 Å². The number of rotatable bonds is 3. The minimum atomic E-state index is 0.164. The van der Waals surface area contributed by atoms with Gasteiger partial charge in [0.25, 0.3) is 5.91 Å². The molecule has 1 saturated heterocycles. The summed E-state index contributed by atoms with van der Waals surface area (Å²) < 4.78 is 0. The first-order chi connectivity index (χ1) is 10.7. The Labute approximate surface area is 133 Å². The van der Waals surface area contributed by atoms with E-state index in [9.17, 15) is 4.79 Å². The van der Waals surface area contributed by atoms with E-state index in [0.717, 1.165) is 52.4 Å². The molecule has 0 atom stereocenters. The van der Waals surface area contributed by atoms with Gasteiger partial charge in [-0.05, 0) is 44.6 Å². The van der Waals surface area contributed by atoms with Gasteiger partial charge in [0.1, 0.15) is 17.0 Å². The third-order valence-electron chi connectivity index (χ3n) is 4.48. The van der Waals surface area contributed by atoms with Crippen molar-refractivity contribution >= 4 is 33.3 Å². The van der Waals surface area contributed by atoms with Crippen LogP contribution in [0.15, 0.2) is 6.33 Å². The highest BCUT2D eigenvalue weighted by Gasteiger charge is 2.27. The standard InChI is InChI=1S/C16H20N4OS/c1-10-12-14(19-11-5-6-11)17-9-18-15(12)22-13(10)16(21)20-7-3-2-4-8-20/h9,11H,2-8H2,1H3,(H,17,18,19). The molecular formula is C16H20N4OS. The maximum Gasteiger partial charge on any atom is 0.264 e. The number of anilines is 1. The summed E-state index contributed by atoms with van der Waals surface area (Å²) in [5.41, 5.74) is 1.03. The number of nitrogens with zero attached hydrogens (tertiary/aromatic N) is 3. The summed E-state index contributed by atoms with van der Waals surface area (Å²) in [5, 5.41) is 4.49. The lowest BCUT2D eigenvalue weighted by molar-refractivity contribution is 0.0728. The molecule has 0 radical (unpaired) electrons. The summed E-state index contributed by atoms with van der Waals surface area (Å²) in [4.78, 5) is 25.3. The second-order valence-corrected chi connectivity index (χ2v) is 7.23. The fraction of sp³-hybridized carbons (Fsp3) is 0.562. The van der Waals surface area contributed by atoms with Gasteiger partial charge in [0.2, 0.25) is 0 Å². The van der Waals surface area contributed by atoms with Crippen LogP contribution in [0.5, 0.6) is 0 Å². The van der Waals surface area contributed by atoms with E-state index in [2.05, 4.69) is 15.3 Å². The van der Waals surface area contributed by atoms with E-state index in [-0.39, 0.29) is 5.91 Å². The number of hydrogen-bond acceptors (Lipinski definition) is 5. The Balaban J connectivity index is 1.71. The Kier molecular flexibility index (Phi) is 3.48. The highest BCUT2D eigenvalue weighted by Crippen LogP contribution is 2.36. The zero-order chi connectivity index (χ0) is 15.1. The first-order valence-corrected chi connectivity index (χ1v) is 8.85. The zero-order valence-electron chi connectivity index (χ0n) is 12.8. The van der Waals surface area contributed by atoms with Crippen LogP contribution < -0.4 is 5.32 Å². The predicted molar refractivity (Wildman–Crippen MR) is 88.6 cm³/mol. The predicted octanol–water partition coefficient (Wildman–Crippen LogP) is 3.20. The van der Waals surface area contributed by atoms with Gasteiger partial charge in [-0.3, -0.25) is 4.79 Å². The van der Waals surface area contributed by atoms with Crippen molar-refractivity contribution < 1.29 is 4.79 Å². The van der Waals surface area contributed by atoms with E-state index in [1.807, 2.05) is 11.8 Å². The van der Waals surface area contributed by atoms with Gasteiger partial charge in [-0.15, -0.1) is 11.3 Å². The zero-order valence-corrected chi connectivity index (χ0v) is 13.6. The number of nitrogens with one attached hydrogen (secondary N) is 1. The number of aromatic nitrogens is 2. The highest BCUT2D eigenvalue weighted by molar-refractivity contribution is 7.20. The second-order valence-electron chi connectivity index (χ2n) is 6.23. The Hall–Kier alpha value is -1.69. The summed E-state index contributed by atoms with van der Waals surface area (Å²) in [7, 11) is 0. The molecule has 1 aliphatic carbocycles. The molecule has 2 aromatic rings. The minimum Gasteiger partial charge on any atom is -0.367 e. The number of thiophene rings is 1. The van der Waals surface area contributed by atoms with Gasteiger partial charge in [0.05, 0.1) is 10.3 Å². The summed E-state index contributed by atoms with van der Waals surface area (Å²) in [6, 6.07) is 0.540. The van der Waals surface area contributed by atoms with E-state index < -0.39 is 0 Å². The third kappa shape index (κ3) is 2.45. The molecule has 1 amide bonds. The maximum absolute atomic E-state index is 12.8. The van der Waals surface area contributed by atoms with Crippen LogP contribution in [0, 0.1) is 6.92 Å². The summed E-state index contributed by atoms with van der Waals surface area (Å²) >= 11 is 1.50. The molecular weight excluding hydrogens is 296 g/mol. The Morgan fingerprint density at radius 2 is 2.05 bits per heavy atom. The van der Waals surface area contributed by atoms with Crippen LogP contribution in [-0.2, 0) is 0 Å². The van der Waals surface area contributed by atoms with Crippen molar-refractivity contribution in [1.82, 2.24) is 14.9 Å². The number of likely N-dealkylation sites (tertiary alicyclic amines) is 1. The normalized spacial score (nSPS) is 18.7. The molecule has 0 unspecified atom stereocenters. The lowest BCUT2D eigenvalue weighted by Crippen LogP contribution is -2.35. The number of hydrogen-bond donors (Lipinski definition) is 1. The van der Waals surface area contributed by atoms with Crippen LogP contribution in [0.3, 0.4) is 0 Å². The minimum absolute atomic E-state index is 0.164. The molecule has 2 aliphatic rings. The van der Waals surface area contributed by atoms with Crippen molar-refractivity contribution in [2.24, 2.45) is 0 Å². The molecule has 5 nitrogen and oxygen atoms in total. The highest BCUT2D eigenvalue weighted by atomic mass is 32.1. The van der Waals surface area contributed by atoms with E-state index in [0.29, 0.717) is 6.04 Å². The molecule has 1 N–H and O–H groups in total. The molecule has 116 valence electrons. The Morgan fingerprint density at radius 3 is 2.77 bits per heavy atom. The van der Waals surface area contributed by atoms with Crippen LogP contribution in [0.4, 0.5) is 5.82 Å². The fourth-order valence-electron chi connectivity index (χ4n) is 3.05. The first kappa shape index (κ1) is 13.9. The molecule has 0 aromatic carbocycles. The quantitative estimate of drug-likeness (QED) is 0.944. The molecule has 3 heterocycles. The van der Waals surface area contributed by atoms with Crippen molar-refractivity contribution in [2.45, 2.75) is 45.1 Å². The molecule has 1 saturated carbocycles. The molecule has 0 bridgehead atoms. The van der Waals surface area contributed by atoms with Crippen molar-refractivity contribution in [3.8, 4) is 0 Å². The SMILES string of the molecule is Cc1c(C(=O)N2CCCCC2)sc2ncnc(NC3CC3)c12. The number of carbonyl (C=O) groups is 1. The second kappa shape index (κ2) is 5.50.